The van der Waals surface area contributed by atoms with E-state index in [2.05, 4.69) is 31.7 Å². The number of aromatic nitrogens is 3. The molecule has 112 valence electrons. The smallest absolute Gasteiger partial charge is 0.223 e. The number of pyridine rings is 1. The summed E-state index contributed by atoms with van der Waals surface area (Å²) in [4.78, 5) is 13.3. The first-order chi connectivity index (χ1) is 10.2. The molecule has 0 spiro atoms. The summed E-state index contributed by atoms with van der Waals surface area (Å²) in [7, 11) is 1.97. The molecule has 2 N–H and O–H groups in total. The van der Waals surface area contributed by atoms with Gasteiger partial charge in [0.25, 0.3) is 0 Å². The van der Waals surface area contributed by atoms with Crippen molar-refractivity contribution in [2.75, 3.05) is 25.5 Å². The Morgan fingerprint density at radius 2 is 1.81 bits per heavy atom. The quantitative estimate of drug-likeness (QED) is 0.766. The zero-order valence-electron chi connectivity index (χ0n) is 13.0. The summed E-state index contributed by atoms with van der Waals surface area (Å²) < 4.78 is 0. The molecular formula is C16H23N5. The van der Waals surface area contributed by atoms with Crippen molar-refractivity contribution in [3.8, 4) is 11.3 Å². The van der Waals surface area contributed by atoms with E-state index in [0.717, 1.165) is 48.6 Å². The number of nitrogens with one attached hydrogen (secondary N) is 2. The number of unbranched alkanes of at least 4 members (excludes halogenated alkanes) is 1. The molecule has 0 bridgehead atoms. The van der Waals surface area contributed by atoms with Crippen molar-refractivity contribution in [3.05, 3.63) is 35.8 Å². The normalized spacial score (nSPS) is 10.6. The zero-order chi connectivity index (χ0) is 15.1. The van der Waals surface area contributed by atoms with Gasteiger partial charge in [0.1, 0.15) is 0 Å². The molecule has 0 amide bonds. The monoisotopic (exact) mass is 285 g/mol. The summed E-state index contributed by atoms with van der Waals surface area (Å²) >= 11 is 0. The van der Waals surface area contributed by atoms with E-state index in [1.54, 1.807) is 6.20 Å². The third-order valence-corrected chi connectivity index (χ3v) is 3.29. The van der Waals surface area contributed by atoms with Gasteiger partial charge in [-0.25, -0.2) is 9.97 Å². The largest absolute Gasteiger partial charge is 0.354 e. The maximum atomic E-state index is 4.57. The van der Waals surface area contributed by atoms with Gasteiger partial charge < -0.3 is 10.6 Å². The molecular weight excluding hydrogens is 262 g/mol. The molecule has 0 atom stereocenters. The van der Waals surface area contributed by atoms with Crippen LogP contribution in [0.1, 0.15) is 24.2 Å². The molecule has 0 fully saturated rings. The number of hydrogen-bond acceptors (Lipinski definition) is 5. The molecule has 0 aliphatic heterocycles. The number of anilines is 1. The molecule has 0 aliphatic rings. The minimum Gasteiger partial charge on any atom is -0.354 e. The van der Waals surface area contributed by atoms with E-state index < -0.39 is 0 Å². The topological polar surface area (TPSA) is 62.7 Å². The van der Waals surface area contributed by atoms with Gasteiger partial charge in [0.15, 0.2) is 0 Å². The van der Waals surface area contributed by atoms with Gasteiger partial charge in [0.05, 0.1) is 5.69 Å². The first-order valence-electron chi connectivity index (χ1n) is 7.37. The Labute approximate surface area is 126 Å². The first kappa shape index (κ1) is 15.4. The predicted octanol–water partition coefficient (Wildman–Crippen LogP) is 2.57. The molecule has 0 saturated heterocycles. The van der Waals surface area contributed by atoms with Gasteiger partial charge in [-0.2, -0.15) is 0 Å². The minimum atomic E-state index is 0.678. The Morgan fingerprint density at radius 1 is 1.00 bits per heavy atom. The minimum absolute atomic E-state index is 0.678. The van der Waals surface area contributed by atoms with Crippen LogP contribution in [-0.2, 0) is 0 Å². The Morgan fingerprint density at radius 3 is 2.57 bits per heavy atom. The number of rotatable bonds is 7. The number of nitrogens with zero attached hydrogens (tertiary/aromatic N) is 3. The Hall–Kier alpha value is -2.01. The lowest BCUT2D eigenvalue weighted by atomic mass is 10.1. The van der Waals surface area contributed by atoms with Crippen molar-refractivity contribution in [3.63, 3.8) is 0 Å². The molecule has 2 heterocycles. The van der Waals surface area contributed by atoms with Crippen molar-refractivity contribution < 1.29 is 0 Å². The van der Waals surface area contributed by atoms with E-state index in [-0.39, 0.29) is 0 Å². The molecule has 2 rings (SSSR count). The molecule has 0 saturated carbocycles. The summed E-state index contributed by atoms with van der Waals surface area (Å²) in [5.74, 6) is 0.678. The molecule has 2 aromatic rings. The lowest BCUT2D eigenvalue weighted by Gasteiger charge is -2.08. The molecule has 0 radical (unpaired) electrons. The van der Waals surface area contributed by atoms with E-state index >= 15 is 0 Å². The molecule has 21 heavy (non-hydrogen) atoms. The summed E-state index contributed by atoms with van der Waals surface area (Å²) in [5.41, 5.74) is 3.98. The predicted molar refractivity (Wildman–Crippen MR) is 86.4 cm³/mol. The molecule has 0 unspecified atom stereocenters. The van der Waals surface area contributed by atoms with Gasteiger partial charge in [-0.3, -0.25) is 4.98 Å². The molecule has 0 aromatic carbocycles. The fraction of sp³-hybridized carbons (Fsp3) is 0.438. The van der Waals surface area contributed by atoms with Crippen LogP contribution in [0.15, 0.2) is 24.4 Å². The van der Waals surface area contributed by atoms with E-state index in [0.29, 0.717) is 5.95 Å². The SMILES string of the molecule is CNCCCCNc1nccc(-c2ccc(C)nc2C)n1. The zero-order valence-corrected chi connectivity index (χ0v) is 13.0. The number of hydrogen-bond donors (Lipinski definition) is 2. The summed E-state index contributed by atoms with van der Waals surface area (Å²) in [6.07, 6.45) is 4.03. The third kappa shape index (κ3) is 4.49. The summed E-state index contributed by atoms with van der Waals surface area (Å²) in [6.45, 7) is 5.93. The molecule has 2 aromatic heterocycles. The second-order valence-corrected chi connectivity index (χ2v) is 5.09. The Kier molecular flexibility index (Phi) is 5.63. The second kappa shape index (κ2) is 7.69. The van der Waals surface area contributed by atoms with Crippen molar-refractivity contribution >= 4 is 5.95 Å². The maximum absolute atomic E-state index is 4.57. The van der Waals surface area contributed by atoms with Gasteiger partial charge in [-0.1, -0.05) is 0 Å². The average molecular weight is 285 g/mol. The fourth-order valence-corrected chi connectivity index (χ4v) is 2.18. The Bertz CT molecular complexity index is 583. The summed E-state index contributed by atoms with van der Waals surface area (Å²) in [5, 5.41) is 6.42. The fourth-order valence-electron chi connectivity index (χ4n) is 2.18. The third-order valence-electron chi connectivity index (χ3n) is 3.29. The van der Waals surface area contributed by atoms with Gasteiger partial charge in [0.2, 0.25) is 5.95 Å². The molecule has 5 nitrogen and oxygen atoms in total. The first-order valence-corrected chi connectivity index (χ1v) is 7.37. The van der Waals surface area contributed by atoms with Crippen LogP contribution in [0, 0.1) is 13.8 Å². The lowest BCUT2D eigenvalue weighted by molar-refractivity contribution is 0.693. The van der Waals surface area contributed by atoms with Crippen LogP contribution in [-0.4, -0.2) is 35.1 Å². The summed E-state index contributed by atoms with van der Waals surface area (Å²) in [6, 6.07) is 6.00. The van der Waals surface area contributed by atoms with Gasteiger partial charge in [-0.15, -0.1) is 0 Å². The van der Waals surface area contributed by atoms with Crippen molar-refractivity contribution in [2.45, 2.75) is 26.7 Å². The van der Waals surface area contributed by atoms with Crippen molar-refractivity contribution in [2.24, 2.45) is 0 Å². The highest BCUT2D eigenvalue weighted by Crippen LogP contribution is 2.20. The van der Waals surface area contributed by atoms with E-state index in [1.165, 1.54) is 0 Å². The van der Waals surface area contributed by atoms with Gasteiger partial charge in [-0.05, 0) is 58.5 Å². The highest BCUT2D eigenvalue weighted by atomic mass is 15.1. The second-order valence-electron chi connectivity index (χ2n) is 5.09. The van der Waals surface area contributed by atoms with Gasteiger partial charge >= 0.3 is 0 Å². The van der Waals surface area contributed by atoms with Crippen LogP contribution in [0.4, 0.5) is 5.95 Å². The van der Waals surface area contributed by atoms with Crippen LogP contribution in [0.2, 0.25) is 0 Å². The standard InChI is InChI=1S/C16H23N5/c1-12-6-7-14(13(2)20-12)15-8-11-19-16(21-15)18-10-5-4-9-17-3/h6-8,11,17H,4-5,9-10H2,1-3H3,(H,18,19,21). The highest BCUT2D eigenvalue weighted by molar-refractivity contribution is 5.62. The van der Waals surface area contributed by atoms with E-state index in [4.69, 9.17) is 0 Å². The lowest BCUT2D eigenvalue weighted by Crippen LogP contribution is -2.11. The maximum Gasteiger partial charge on any atom is 0.223 e. The van der Waals surface area contributed by atoms with Crippen LogP contribution in [0.25, 0.3) is 11.3 Å². The van der Waals surface area contributed by atoms with E-state index in [1.807, 2.05) is 33.0 Å². The van der Waals surface area contributed by atoms with E-state index in [9.17, 15) is 0 Å². The van der Waals surface area contributed by atoms with Crippen LogP contribution < -0.4 is 10.6 Å². The van der Waals surface area contributed by atoms with Crippen molar-refractivity contribution in [1.82, 2.24) is 20.3 Å². The van der Waals surface area contributed by atoms with Crippen LogP contribution in [0.3, 0.4) is 0 Å². The van der Waals surface area contributed by atoms with Crippen molar-refractivity contribution in [1.29, 1.82) is 0 Å². The average Bonchev–Trinajstić information content (AvgIpc) is 2.47. The molecule has 5 heteroatoms. The van der Waals surface area contributed by atoms with Crippen LogP contribution in [0.5, 0.6) is 0 Å². The van der Waals surface area contributed by atoms with Gasteiger partial charge in [0, 0.05) is 29.7 Å². The number of aryl methyl sites for hydroxylation is 2. The Balaban J connectivity index is 2.03. The molecule has 0 aliphatic carbocycles. The van der Waals surface area contributed by atoms with Crippen LogP contribution >= 0.6 is 0 Å². The highest BCUT2D eigenvalue weighted by Gasteiger charge is 2.06.